The van der Waals surface area contributed by atoms with Crippen molar-refractivity contribution >= 4 is 23.4 Å². The average molecular weight is 343 g/mol. The van der Waals surface area contributed by atoms with Gasteiger partial charge in [-0.05, 0) is 49.6 Å². The van der Waals surface area contributed by atoms with Gasteiger partial charge in [0.15, 0.2) is 0 Å². The molecule has 0 aliphatic heterocycles. The van der Waals surface area contributed by atoms with Gasteiger partial charge in [-0.1, -0.05) is 19.3 Å². The number of carbonyl (C=O) groups is 1. The van der Waals surface area contributed by atoms with Crippen molar-refractivity contribution in [1.29, 1.82) is 0 Å². The van der Waals surface area contributed by atoms with Crippen LogP contribution in [0.1, 0.15) is 48.2 Å². The lowest BCUT2D eigenvalue weighted by atomic mass is 10.0. The first-order valence-corrected chi connectivity index (χ1v) is 9.14. The number of nitrogens with zero attached hydrogens (tertiary/aromatic N) is 1. The van der Waals surface area contributed by atoms with E-state index in [-0.39, 0.29) is 17.2 Å². The topological polar surface area (TPSA) is 74.8 Å². The fraction of sp³-hybridized carbons (Fsp3) is 0.389. The molecule has 1 saturated carbocycles. The fourth-order valence-corrected chi connectivity index (χ4v) is 4.23. The summed E-state index contributed by atoms with van der Waals surface area (Å²) in [6.07, 6.45) is 6.61. The highest BCUT2D eigenvalue weighted by atomic mass is 32.2. The molecule has 1 aromatic heterocycles. The van der Waals surface area contributed by atoms with Crippen LogP contribution >= 0.6 is 11.8 Å². The average Bonchev–Trinajstić information content (AvgIpc) is 2.59. The number of rotatable bonds is 4. The number of hydrogen-bond donors (Lipinski definition) is 2. The Morgan fingerprint density at radius 3 is 2.67 bits per heavy atom. The van der Waals surface area contributed by atoms with Gasteiger partial charge in [0.1, 0.15) is 5.69 Å². The highest BCUT2D eigenvalue weighted by molar-refractivity contribution is 8.00. The number of carbonyl (C=O) groups excluding carboxylic acids is 1. The summed E-state index contributed by atoms with van der Waals surface area (Å²) in [5.74, 6) is -0.331. The van der Waals surface area contributed by atoms with Crippen LogP contribution in [0.15, 0.2) is 40.0 Å². The highest BCUT2D eigenvalue weighted by Gasteiger charge is 2.15. The zero-order valence-electron chi connectivity index (χ0n) is 13.7. The Kier molecular flexibility index (Phi) is 5.35. The van der Waals surface area contributed by atoms with Gasteiger partial charge in [-0.15, -0.1) is 11.8 Å². The molecule has 3 rings (SSSR count). The molecule has 0 atom stereocenters. The molecule has 1 aromatic carbocycles. The lowest BCUT2D eigenvalue weighted by Crippen LogP contribution is -2.18. The Morgan fingerprint density at radius 1 is 1.21 bits per heavy atom. The summed E-state index contributed by atoms with van der Waals surface area (Å²) in [4.78, 5) is 24.4. The Labute approximate surface area is 145 Å². The van der Waals surface area contributed by atoms with Crippen LogP contribution in [0.2, 0.25) is 0 Å². The van der Waals surface area contributed by atoms with Crippen molar-refractivity contribution in [1.82, 2.24) is 10.2 Å². The number of benzene rings is 1. The Hall–Kier alpha value is -2.08. The second-order valence-corrected chi connectivity index (χ2v) is 7.49. The molecule has 5 nitrogen and oxygen atoms in total. The van der Waals surface area contributed by atoms with Gasteiger partial charge >= 0.3 is 0 Å². The number of nitrogens with one attached hydrogen (secondary N) is 2. The largest absolute Gasteiger partial charge is 0.320 e. The van der Waals surface area contributed by atoms with Gasteiger partial charge in [0.25, 0.3) is 11.5 Å². The number of aromatic nitrogens is 2. The predicted octanol–water partition coefficient (Wildman–Crippen LogP) is 3.76. The molecule has 0 bridgehead atoms. The molecule has 2 N–H and O–H groups in total. The van der Waals surface area contributed by atoms with Gasteiger partial charge in [-0.3, -0.25) is 9.59 Å². The van der Waals surface area contributed by atoms with E-state index < -0.39 is 0 Å². The first kappa shape index (κ1) is 16.8. The monoisotopic (exact) mass is 343 g/mol. The van der Waals surface area contributed by atoms with Crippen LogP contribution < -0.4 is 10.9 Å². The summed E-state index contributed by atoms with van der Waals surface area (Å²) in [6, 6.07) is 8.82. The molecule has 1 amide bonds. The third-order valence-corrected chi connectivity index (χ3v) is 5.54. The standard InChI is InChI=1S/C18H21N3O2S/c1-12-11-14(24-13-5-3-2-4-6-13)7-8-15(12)19-18(23)16-9-10-17(22)21-20-16/h7-11,13H,2-6H2,1H3,(H,19,23)(H,21,22). The lowest BCUT2D eigenvalue weighted by Gasteiger charge is -2.21. The number of anilines is 1. The second kappa shape index (κ2) is 7.66. The summed E-state index contributed by atoms with van der Waals surface area (Å²) in [7, 11) is 0. The number of aromatic amines is 1. The van der Waals surface area contributed by atoms with Gasteiger partial charge in [0.05, 0.1) is 0 Å². The van der Waals surface area contributed by atoms with Crippen LogP contribution in [-0.2, 0) is 0 Å². The van der Waals surface area contributed by atoms with Gasteiger partial charge in [0, 0.05) is 21.9 Å². The Morgan fingerprint density at radius 2 is 2.00 bits per heavy atom. The summed E-state index contributed by atoms with van der Waals surface area (Å²) in [5, 5.41) is 9.57. The molecule has 1 heterocycles. The number of H-pyrrole nitrogens is 1. The van der Waals surface area contributed by atoms with Gasteiger partial charge in [-0.2, -0.15) is 5.10 Å². The van der Waals surface area contributed by atoms with Crippen molar-refractivity contribution in [3.8, 4) is 0 Å². The third-order valence-electron chi connectivity index (χ3n) is 4.21. The van der Waals surface area contributed by atoms with Crippen molar-refractivity contribution < 1.29 is 4.79 Å². The predicted molar refractivity (Wildman–Crippen MR) is 96.7 cm³/mol. The maximum absolute atomic E-state index is 12.2. The molecule has 1 fully saturated rings. The molecule has 1 aliphatic rings. The van der Waals surface area contributed by atoms with Gasteiger partial charge in [-0.25, -0.2) is 5.10 Å². The third kappa shape index (κ3) is 4.26. The smallest absolute Gasteiger partial charge is 0.276 e. The summed E-state index contributed by atoms with van der Waals surface area (Å²) >= 11 is 1.94. The van der Waals surface area contributed by atoms with E-state index in [1.54, 1.807) is 0 Å². The molecule has 2 aromatic rings. The number of hydrogen-bond acceptors (Lipinski definition) is 4. The van der Waals surface area contributed by atoms with Crippen LogP contribution in [0.3, 0.4) is 0 Å². The summed E-state index contributed by atoms with van der Waals surface area (Å²) in [5.41, 5.74) is 1.65. The van der Waals surface area contributed by atoms with Crippen LogP contribution in [0.5, 0.6) is 0 Å². The molecule has 1 aliphatic carbocycles. The van der Waals surface area contributed by atoms with E-state index in [9.17, 15) is 9.59 Å². The molecular weight excluding hydrogens is 322 g/mol. The van der Waals surface area contributed by atoms with Crippen LogP contribution in [0, 0.1) is 6.92 Å². The van der Waals surface area contributed by atoms with E-state index in [2.05, 4.69) is 27.6 Å². The molecule has 0 spiro atoms. The fourth-order valence-electron chi connectivity index (χ4n) is 2.88. The van der Waals surface area contributed by atoms with Crippen LogP contribution in [0.4, 0.5) is 5.69 Å². The number of thioether (sulfide) groups is 1. The quantitative estimate of drug-likeness (QED) is 0.886. The van der Waals surface area contributed by atoms with Gasteiger partial charge < -0.3 is 5.32 Å². The maximum atomic E-state index is 12.2. The molecule has 24 heavy (non-hydrogen) atoms. The minimum Gasteiger partial charge on any atom is -0.320 e. The van der Waals surface area contributed by atoms with Gasteiger partial charge in [0.2, 0.25) is 0 Å². The minimum atomic E-state index is -0.331. The molecule has 6 heteroatoms. The molecule has 0 radical (unpaired) electrons. The zero-order valence-corrected chi connectivity index (χ0v) is 14.5. The zero-order chi connectivity index (χ0) is 16.9. The normalized spacial score (nSPS) is 15.2. The van der Waals surface area contributed by atoms with E-state index in [4.69, 9.17) is 0 Å². The van der Waals surface area contributed by atoms with Crippen molar-refractivity contribution in [3.05, 3.63) is 51.9 Å². The Bertz CT molecular complexity index is 762. The highest BCUT2D eigenvalue weighted by Crippen LogP contribution is 2.34. The Balaban J connectivity index is 1.66. The molecule has 126 valence electrons. The number of amides is 1. The van der Waals surface area contributed by atoms with Crippen molar-refractivity contribution in [3.63, 3.8) is 0 Å². The van der Waals surface area contributed by atoms with E-state index in [0.717, 1.165) is 11.3 Å². The first-order valence-electron chi connectivity index (χ1n) is 8.26. The summed E-state index contributed by atoms with van der Waals surface area (Å²) < 4.78 is 0. The van der Waals surface area contributed by atoms with Crippen LogP contribution in [-0.4, -0.2) is 21.4 Å². The van der Waals surface area contributed by atoms with Crippen LogP contribution in [0.25, 0.3) is 0 Å². The first-order chi connectivity index (χ1) is 11.6. The molecular formula is C18H21N3O2S. The van der Waals surface area contributed by atoms with Crippen molar-refractivity contribution in [2.24, 2.45) is 0 Å². The number of aryl methyl sites for hydroxylation is 1. The van der Waals surface area contributed by atoms with Crippen molar-refractivity contribution in [2.75, 3.05) is 5.32 Å². The second-order valence-electron chi connectivity index (χ2n) is 6.12. The summed E-state index contributed by atoms with van der Waals surface area (Å²) in [6.45, 7) is 1.99. The van der Waals surface area contributed by atoms with Crippen molar-refractivity contribution in [2.45, 2.75) is 49.2 Å². The molecule has 0 saturated heterocycles. The van der Waals surface area contributed by atoms with E-state index >= 15 is 0 Å². The lowest BCUT2D eigenvalue weighted by molar-refractivity contribution is 0.102. The molecule has 0 unspecified atom stereocenters. The van der Waals surface area contributed by atoms with E-state index in [1.807, 2.05) is 24.8 Å². The SMILES string of the molecule is Cc1cc(SC2CCCCC2)ccc1NC(=O)c1ccc(=O)[nH]n1. The minimum absolute atomic E-state index is 0.189. The van der Waals surface area contributed by atoms with E-state index in [1.165, 1.54) is 49.1 Å². The van der Waals surface area contributed by atoms with E-state index in [0.29, 0.717) is 5.25 Å². The maximum Gasteiger partial charge on any atom is 0.276 e.